The highest BCUT2D eigenvalue weighted by molar-refractivity contribution is 7.13. The van der Waals surface area contributed by atoms with Gasteiger partial charge in [-0.25, -0.2) is 34.7 Å². The van der Waals surface area contributed by atoms with Gasteiger partial charge in [-0.15, -0.1) is 22.7 Å². The van der Waals surface area contributed by atoms with Crippen LogP contribution in [0.5, 0.6) is 11.5 Å². The molecule has 0 radical (unpaired) electrons. The average Bonchev–Trinajstić information content (AvgIpc) is 3.95. The first-order valence-corrected chi connectivity index (χ1v) is 23.4. The smallest absolute Gasteiger partial charge is 0.419 e. The van der Waals surface area contributed by atoms with Gasteiger partial charge in [-0.05, 0) is 108 Å². The summed E-state index contributed by atoms with van der Waals surface area (Å²) in [5, 5.41) is 13.3. The zero-order chi connectivity index (χ0) is 50.8. The molecule has 0 aliphatic heterocycles. The number of nitrogens with two attached hydrogens (primary N) is 1. The van der Waals surface area contributed by atoms with Crippen molar-refractivity contribution in [3.05, 3.63) is 95.2 Å². The van der Waals surface area contributed by atoms with Gasteiger partial charge in [0.25, 0.3) is 0 Å². The fourth-order valence-electron chi connectivity index (χ4n) is 7.06. The number of hydrogen-bond acceptors (Lipinski definition) is 15. The van der Waals surface area contributed by atoms with Crippen LogP contribution in [0.15, 0.2) is 84.1 Å². The van der Waals surface area contributed by atoms with E-state index in [0.29, 0.717) is 46.0 Å². The summed E-state index contributed by atoms with van der Waals surface area (Å²) in [4.78, 5) is 37.4. The molecule has 14 nitrogen and oxygen atoms in total. The number of thiazole rings is 2. The summed E-state index contributed by atoms with van der Waals surface area (Å²) < 4.78 is 100. The number of alkyl halides is 6. The molecule has 6 rings (SSSR count). The Bertz CT molecular complexity index is 2590. The second kappa shape index (κ2) is 22.5. The lowest BCUT2D eigenvalue weighted by molar-refractivity contribution is -0.139. The Hall–Kier alpha value is -6.13. The van der Waals surface area contributed by atoms with E-state index in [0.717, 1.165) is 12.1 Å². The second-order valence-corrected chi connectivity index (χ2v) is 20.3. The molecule has 22 heteroatoms. The molecule has 4 heterocycles. The van der Waals surface area contributed by atoms with Crippen molar-refractivity contribution in [2.75, 3.05) is 23.8 Å². The van der Waals surface area contributed by atoms with Gasteiger partial charge in [0.1, 0.15) is 30.3 Å². The number of alkyl carbamates (subject to hydrolysis) is 1. The predicted molar refractivity (Wildman–Crippen MR) is 256 cm³/mol. The summed E-state index contributed by atoms with van der Waals surface area (Å²) in [6, 6.07) is 10.7. The molecule has 69 heavy (non-hydrogen) atoms. The number of hydrogen-bond donors (Lipinski definition) is 4. The van der Waals surface area contributed by atoms with Crippen LogP contribution in [0, 0.1) is 11.8 Å². The Morgan fingerprint density at radius 1 is 0.638 bits per heavy atom. The first-order valence-electron chi connectivity index (χ1n) is 21.6. The van der Waals surface area contributed by atoms with Gasteiger partial charge in [0.2, 0.25) is 11.9 Å². The third kappa shape index (κ3) is 17.1. The Morgan fingerprint density at radius 2 is 1.09 bits per heavy atom. The normalized spacial score (nSPS) is 13.7. The van der Waals surface area contributed by atoms with Crippen LogP contribution in [0.2, 0.25) is 0 Å². The van der Waals surface area contributed by atoms with Crippen molar-refractivity contribution in [1.82, 2.24) is 35.2 Å². The number of rotatable bonds is 17. The van der Waals surface area contributed by atoms with E-state index in [1.807, 2.05) is 27.7 Å². The van der Waals surface area contributed by atoms with E-state index in [2.05, 4.69) is 45.9 Å². The van der Waals surface area contributed by atoms with Gasteiger partial charge in [-0.1, -0.05) is 27.7 Å². The van der Waals surface area contributed by atoms with Gasteiger partial charge < -0.3 is 35.9 Å². The van der Waals surface area contributed by atoms with Gasteiger partial charge in [0.15, 0.2) is 10.3 Å². The molecule has 2 atom stereocenters. The maximum Gasteiger partial charge on any atom is 0.419 e. The molecule has 0 bridgehead atoms. The molecule has 0 saturated heterocycles. The molecule has 5 N–H and O–H groups in total. The fourth-order valence-corrected chi connectivity index (χ4v) is 8.11. The van der Waals surface area contributed by atoms with E-state index in [4.69, 9.17) is 19.9 Å². The van der Waals surface area contributed by atoms with Gasteiger partial charge in [-0.2, -0.15) is 26.3 Å². The van der Waals surface area contributed by atoms with Crippen molar-refractivity contribution in [3.8, 4) is 34.0 Å². The molecule has 372 valence electrons. The van der Waals surface area contributed by atoms with Crippen LogP contribution < -0.4 is 31.2 Å². The largest absolute Gasteiger partial charge is 0.491 e. The SMILES string of the molecule is CC(C)C[C@@](C)(COc1ccc(-c2ccnc(Nc3nccs3)n2)cc1C(F)(F)F)NC(=O)OC(C)(C)C.CC(C)C[C@](C)(N)COc1ccc(-c2ccnc(Nc3nccs3)n2)cc1C(F)(F)F. The van der Waals surface area contributed by atoms with Crippen molar-refractivity contribution in [2.45, 2.75) is 104 Å². The Balaban J connectivity index is 0.000000263. The number of carbonyl (C=O) groups excluding carboxylic acids is 1. The topological polar surface area (TPSA) is 184 Å². The zero-order valence-electron chi connectivity index (χ0n) is 39.5. The summed E-state index contributed by atoms with van der Waals surface area (Å²) in [5.74, 6) is 0.281. The summed E-state index contributed by atoms with van der Waals surface area (Å²) >= 11 is 2.70. The summed E-state index contributed by atoms with van der Waals surface area (Å²) in [6.07, 6.45) is -2.70. The lowest BCUT2D eigenvalue weighted by Gasteiger charge is -2.33. The Morgan fingerprint density at radius 3 is 1.48 bits per heavy atom. The summed E-state index contributed by atoms with van der Waals surface area (Å²) in [5.41, 5.74) is 3.10. The number of nitrogens with zero attached hydrogens (tertiary/aromatic N) is 6. The van der Waals surface area contributed by atoms with Crippen LogP contribution in [0.25, 0.3) is 22.5 Å². The standard InChI is InChI=1S/C26H32F3N5O3S.C21H24F3N5OS/c1-16(2)14-25(6,34-23(35)37-24(3,4)5)15-36-20-8-7-17(13-18(20)26(27,28)29)19-9-10-30-21(32-19)33-22-31-11-12-38-22;1-13(2)11-20(3,25)12-30-17-5-4-14(10-15(17)21(22,23)24)16-6-7-26-18(28-16)29-19-27-8-9-31-19/h7-13,16H,14-15H2,1-6H3,(H,34,35)(H,30,31,32,33);4-10,13H,11-12,25H2,1-3H3,(H,26,27,28,29)/t25-;20-/m00/s1. The Kier molecular flexibility index (Phi) is 17.6. The van der Waals surface area contributed by atoms with Gasteiger partial charge in [-0.3, -0.25) is 0 Å². The Labute approximate surface area is 404 Å². The highest BCUT2D eigenvalue weighted by Crippen LogP contribution is 2.41. The molecule has 6 aromatic rings. The van der Waals surface area contributed by atoms with Crippen LogP contribution in [-0.4, -0.2) is 65.9 Å². The quantitative estimate of drug-likeness (QED) is 0.0634. The van der Waals surface area contributed by atoms with E-state index in [9.17, 15) is 31.1 Å². The molecule has 0 aliphatic carbocycles. The number of carbonyl (C=O) groups is 1. The van der Waals surface area contributed by atoms with Gasteiger partial charge in [0, 0.05) is 52.2 Å². The molecule has 0 spiro atoms. The van der Waals surface area contributed by atoms with Crippen LogP contribution >= 0.6 is 22.7 Å². The second-order valence-electron chi connectivity index (χ2n) is 18.5. The van der Waals surface area contributed by atoms with E-state index in [1.165, 1.54) is 65.4 Å². The number of anilines is 4. The average molecular weight is 1000 g/mol. The van der Waals surface area contributed by atoms with Crippen molar-refractivity contribution in [3.63, 3.8) is 0 Å². The fraction of sp³-hybridized carbons (Fsp3) is 0.426. The molecule has 0 saturated carbocycles. The number of halogens is 6. The van der Waals surface area contributed by atoms with Crippen molar-refractivity contribution in [2.24, 2.45) is 17.6 Å². The van der Waals surface area contributed by atoms with Gasteiger partial charge >= 0.3 is 18.4 Å². The first-order chi connectivity index (χ1) is 32.2. The highest BCUT2D eigenvalue weighted by Gasteiger charge is 2.38. The molecule has 2 aromatic carbocycles. The molecule has 0 aliphatic rings. The lowest BCUT2D eigenvalue weighted by Crippen LogP contribution is -2.52. The number of aromatic nitrogens is 6. The van der Waals surface area contributed by atoms with Gasteiger partial charge in [0.05, 0.1) is 28.1 Å². The predicted octanol–water partition coefficient (Wildman–Crippen LogP) is 12.6. The molecular weight excluding hydrogens is 947 g/mol. The van der Waals surface area contributed by atoms with E-state index in [1.54, 1.807) is 63.8 Å². The van der Waals surface area contributed by atoms with Crippen LogP contribution in [0.1, 0.15) is 86.3 Å². The van der Waals surface area contributed by atoms with Crippen molar-refractivity contribution in [1.29, 1.82) is 0 Å². The molecule has 1 amide bonds. The summed E-state index contributed by atoms with van der Waals surface area (Å²) in [6.45, 7) is 16.4. The number of amides is 1. The zero-order valence-corrected chi connectivity index (χ0v) is 41.2. The van der Waals surface area contributed by atoms with Crippen LogP contribution in [-0.2, 0) is 17.1 Å². The monoisotopic (exact) mass is 1000 g/mol. The van der Waals surface area contributed by atoms with E-state index in [-0.39, 0.29) is 48.1 Å². The minimum atomic E-state index is -4.69. The first kappa shape index (κ1) is 53.8. The maximum absolute atomic E-state index is 14.1. The summed E-state index contributed by atoms with van der Waals surface area (Å²) in [7, 11) is 0. The maximum atomic E-state index is 14.1. The van der Waals surface area contributed by atoms with Crippen LogP contribution in [0.3, 0.4) is 0 Å². The number of ether oxygens (including phenoxy) is 3. The molecule has 0 fully saturated rings. The third-order valence-corrected chi connectivity index (χ3v) is 10.8. The number of benzene rings is 2. The van der Waals surface area contributed by atoms with Crippen molar-refractivity contribution >= 4 is 50.9 Å². The van der Waals surface area contributed by atoms with E-state index >= 15 is 0 Å². The van der Waals surface area contributed by atoms with E-state index < -0.39 is 46.3 Å². The molecule has 0 unspecified atom stereocenters. The minimum Gasteiger partial charge on any atom is -0.491 e. The highest BCUT2D eigenvalue weighted by atomic mass is 32.1. The number of nitrogens with one attached hydrogen (secondary N) is 3. The van der Waals surface area contributed by atoms with Crippen LogP contribution in [0.4, 0.5) is 53.3 Å². The van der Waals surface area contributed by atoms with Crippen molar-refractivity contribution < 1.29 is 45.3 Å². The minimum absolute atomic E-state index is 0.0248. The lowest BCUT2D eigenvalue weighted by atomic mass is 9.91. The third-order valence-electron chi connectivity index (χ3n) is 9.41. The molecular formula is C47H56F6N10O4S2. The molecule has 4 aromatic heterocycles.